The summed E-state index contributed by atoms with van der Waals surface area (Å²) in [5, 5.41) is 12.4. The molecule has 1 fully saturated rings. The molecule has 0 amide bonds. The van der Waals surface area contributed by atoms with Gasteiger partial charge < -0.3 is 5.32 Å². The van der Waals surface area contributed by atoms with Crippen molar-refractivity contribution >= 4 is 11.3 Å². The molecule has 1 aliphatic carbocycles. The lowest BCUT2D eigenvalue weighted by Crippen LogP contribution is -2.31. The molecule has 0 spiro atoms. The minimum Gasteiger partial charge on any atom is -0.311 e. The second-order valence-corrected chi connectivity index (χ2v) is 5.95. The summed E-state index contributed by atoms with van der Waals surface area (Å²) in [5.41, 5.74) is 0. The minimum absolute atomic E-state index is 0.219. The van der Waals surface area contributed by atoms with Gasteiger partial charge in [0.25, 0.3) is 0 Å². The maximum atomic E-state index is 13.0. The van der Waals surface area contributed by atoms with E-state index in [9.17, 15) is 13.2 Å². The highest BCUT2D eigenvalue weighted by molar-refractivity contribution is 7.11. The molecule has 1 aliphatic rings. The summed E-state index contributed by atoms with van der Waals surface area (Å²) in [4.78, 5) is 0. The smallest absolute Gasteiger partial charge is 0.311 e. The van der Waals surface area contributed by atoms with Crippen molar-refractivity contribution in [2.75, 3.05) is 6.54 Å². The Hall–Kier alpha value is -0.690. The Morgan fingerprint density at radius 2 is 2.00 bits per heavy atom. The highest BCUT2D eigenvalue weighted by atomic mass is 32.1. The highest BCUT2D eigenvalue weighted by Crippen LogP contribution is 2.46. The van der Waals surface area contributed by atoms with Gasteiger partial charge in [-0.2, -0.15) is 13.2 Å². The standard InChI is InChI=1S/C12H18F3N3S/c1-2-16-7-10-17-18-11(19-10)8-5-3-4-6-9(8)12(13,14)15/h8-9,16H,2-7H2,1H3. The van der Waals surface area contributed by atoms with Crippen LogP contribution in [0.5, 0.6) is 0 Å². The second kappa shape index (κ2) is 6.17. The van der Waals surface area contributed by atoms with E-state index in [2.05, 4.69) is 15.5 Å². The Bertz CT molecular complexity index is 405. The van der Waals surface area contributed by atoms with Crippen LogP contribution in [-0.2, 0) is 6.54 Å². The molecule has 2 rings (SSSR count). The van der Waals surface area contributed by atoms with Gasteiger partial charge in [0.05, 0.1) is 5.92 Å². The fourth-order valence-corrected chi connectivity index (χ4v) is 3.55. The van der Waals surface area contributed by atoms with Gasteiger partial charge in [-0.05, 0) is 19.4 Å². The second-order valence-electron chi connectivity index (χ2n) is 4.85. The van der Waals surface area contributed by atoms with E-state index in [1.807, 2.05) is 6.92 Å². The van der Waals surface area contributed by atoms with E-state index in [0.29, 0.717) is 24.4 Å². The maximum absolute atomic E-state index is 13.0. The molecule has 7 heteroatoms. The summed E-state index contributed by atoms with van der Waals surface area (Å²) in [5.74, 6) is -1.75. The molecule has 1 N–H and O–H groups in total. The van der Waals surface area contributed by atoms with Gasteiger partial charge in [-0.1, -0.05) is 31.1 Å². The molecule has 0 radical (unpaired) electrons. The number of hydrogen-bond acceptors (Lipinski definition) is 4. The third kappa shape index (κ3) is 3.66. The largest absolute Gasteiger partial charge is 0.392 e. The van der Waals surface area contributed by atoms with Crippen molar-refractivity contribution in [1.82, 2.24) is 15.5 Å². The van der Waals surface area contributed by atoms with Crippen molar-refractivity contribution in [3.63, 3.8) is 0 Å². The molecule has 2 unspecified atom stereocenters. The molecule has 0 aromatic carbocycles. The first-order valence-corrected chi connectivity index (χ1v) is 7.43. The van der Waals surface area contributed by atoms with Gasteiger partial charge in [0.2, 0.25) is 0 Å². The van der Waals surface area contributed by atoms with Crippen molar-refractivity contribution in [2.45, 2.75) is 51.2 Å². The van der Waals surface area contributed by atoms with Crippen LogP contribution in [0.25, 0.3) is 0 Å². The zero-order valence-electron chi connectivity index (χ0n) is 10.8. The van der Waals surface area contributed by atoms with Crippen molar-refractivity contribution < 1.29 is 13.2 Å². The summed E-state index contributed by atoms with van der Waals surface area (Å²) in [6, 6.07) is 0. The predicted molar refractivity (Wildman–Crippen MR) is 68.0 cm³/mol. The average Bonchev–Trinajstić information content (AvgIpc) is 2.84. The molecule has 1 aromatic heterocycles. The Kier molecular flexibility index (Phi) is 4.78. The Balaban J connectivity index is 2.11. The fourth-order valence-electron chi connectivity index (χ4n) is 2.54. The number of nitrogens with zero attached hydrogens (tertiary/aromatic N) is 2. The predicted octanol–water partition coefficient (Wildman–Crippen LogP) is 3.48. The SMILES string of the molecule is CCNCc1nnc(C2CCCCC2C(F)(F)F)s1. The first-order valence-electron chi connectivity index (χ1n) is 6.62. The molecule has 0 saturated heterocycles. The first-order chi connectivity index (χ1) is 9.02. The fraction of sp³-hybridized carbons (Fsp3) is 0.833. The maximum Gasteiger partial charge on any atom is 0.392 e. The molecule has 19 heavy (non-hydrogen) atoms. The topological polar surface area (TPSA) is 37.8 Å². The van der Waals surface area contributed by atoms with E-state index in [-0.39, 0.29) is 6.42 Å². The monoisotopic (exact) mass is 293 g/mol. The summed E-state index contributed by atoms with van der Waals surface area (Å²) in [7, 11) is 0. The van der Waals surface area contributed by atoms with Gasteiger partial charge >= 0.3 is 6.18 Å². The molecule has 0 bridgehead atoms. The number of rotatable bonds is 4. The van der Waals surface area contributed by atoms with Crippen LogP contribution in [0.2, 0.25) is 0 Å². The molecular weight excluding hydrogens is 275 g/mol. The van der Waals surface area contributed by atoms with E-state index >= 15 is 0 Å². The quantitative estimate of drug-likeness (QED) is 0.923. The van der Waals surface area contributed by atoms with Crippen molar-refractivity contribution in [3.8, 4) is 0 Å². The van der Waals surface area contributed by atoms with Crippen LogP contribution in [0.3, 0.4) is 0 Å². The molecule has 1 saturated carbocycles. The van der Waals surface area contributed by atoms with Crippen LogP contribution < -0.4 is 5.32 Å². The lowest BCUT2D eigenvalue weighted by Gasteiger charge is -2.31. The molecule has 1 heterocycles. The molecule has 2 atom stereocenters. The normalized spacial score (nSPS) is 24.6. The molecule has 3 nitrogen and oxygen atoms in total. The third-order valence-corrected chi connectivity index (χ3v) is 4.57. The van der Waals surface area contributed by atoms with Gasteiger partial charge in [0, 0.05) is 12.5 Å². The van der Waals surface area contributed by atoms with Crippen LogP contribution in [0.4, 0.5) is 13.2 Å². The van der Waals surface area contributed by atoms with Gasteiger partial charge in [-0.3, -0.25) is 0 Å². The minimum atomic E-state index is -4.13. The number of halogens is 3. The number of alkyl halides is 3. The number of hydrogen-bond donors (Lipinski definition) is 1. The van der Waals surface area contributed by atoms with Crippen molar-refractivity contribution in [1.29, 1.82) is 0 Å². The van der Waals surface area contributed by atoms with Crippen molar-refractivity contribution in [3.05, 3.63) is 10.0 Å². The van der Waals surface area contributed by atoms with Crippen LogP contribution in [-0.4, -0.2) is 22.9 Å². The van der Waals surface area contributed by atoms with Gasteiger partial charge in [-0.15, -0.1) is 10.2 Å². The third-order valence-electron chi connectivity index (χ3n) is 3.51. The Morgan fingerprint density at radius 3 is 2.68 bits per heavy atom. The summed E-state index contributed by atoms with van der Waals surface area (Å²) in [6.07, 6.45) is -1.84. The van der Waals surface area contributed by atoms with Crippen molar-refractivity contribution in [2.24, 2.45) is 5.92 Å². The van der Waals surface area contributed by atoms with E-state index in [1.54, 1.807) is 0 Å². The van der Waals surface area contributed by atoms with E-state index < -0.39 is 18.0 Å². The average molecular weight is 293 g/mol. The van der Waals surface area contributed by atoms with E-state index in [4.69, 9.17) is 0 Å². The first kappa shape index (κ1) is 14.7. The van der Waals surface area contributed by atoms with E-state index in [0.717, 1.165) is 18.0 Å². The van der Waals surface area contributed by atoms with Crippen LogP contribution >= 0.6 is 11.3 Å². The number of aromatic nitrogens is 2. The summed E-state index contributed by atoms with van der Waals surface area (Å²) in [6.45, 7) is 3.36. The van der Waals surface area contributed by atoms with Gasteiger partial charge in [0.15, 0.2) is 0 Å². The Labute approximate surface area is 114 Å². The molecule has 1 aromatic rings. The number of nitrogens with one attached hydrogen (secondary N) is 1. The zero-order chi connectivity index (χ0) is 13.9. The van der Waals surface area contributed by atoms with Gasteiger partial charge in [-0.25, -0.2) is 0 Å². The van der Waals surface area contributed by atoms with Crippen LogP contribution in [0.1, 0.15) is 48.5 Å². The lowest BCUT2D eigenvalue weighted by molar-refractivity contribution is -0.187. The van der Waals surface area contributed by atoms with Gasteiger partial charge in [0.1, 0.15) is 10.0 Å². The van der Waals surface area contributed by atoms with Crippen LogP contribution in [0, 0.1) is 5.92 Å². The van der Waals surface area contributed by atoms with E-state index in [1.165, 1.54) is 11.3 Å². The molecule has 108 valence electrons. The Morgan fingerprint density at radius 1 is 1.26 bits per heavy atom. The highest BCUT2D eigenvalue weighted by Gasteiger charge is 2.47. The lowest BCUT2D eigenvalue weighted by atomic mass is 9.79. The summed E-state index contributed by atoms with van der Waals surface area (Å²) >= 11 is 1.31. The molecular formula is C12H18F3N3S. The molecule has 0 aliphatic heterocycles. The van der Waals surface area contributed by atoms with Crippen LogP contribution in [0.15, 0.2) is 0 Å². The summed E-state index contributed by atoms with van der Waals surface area (Å²) < 4.78 is 39.1. The zero-order valence-corrected chi connectivity index (χ0v) is 11.7.